The van der Waals surface area contributed by atoms with E-state index in [1.165, 1.54) is 8.61 Å². The number of carbonyl (C=O) groups is 1. The van der Waals surface area contributed by atoms with Crippen molar-refractivity contribution in [2.24, 2.45) is 0 Å². The van der Waals surface area contributed by atoms with E-state index in [-0.39, 0.29) is 6.61 Å². The van der Waals surface area contributed by atoms with E-state index in [1.807, 2.05) is 0 Å². The highest BCUT2D eigenvalue weighted by atomic mass is 32.2. The Labute approximate surface area is 121 Å². The van der Waals surface area contributed by atoms with Crippen molar-refractivity contribution in [3.05, 3.63) is 0 Å². The summed E-state index contributed by atoms with van der Waals surface area (Å²) in [6.07, 6.45) is 5.23. The molecule has 0 aromatic heterocycles. The molecule has 2 aliphatic rings. The Morgan fingerprint density at radius 1 is 1.10 bits per heavy atom. The molecule has 0 saturated carbocycles. The van der Waals surface area contributed by atoms with Crippen molar-refractivity contribution in [3.8, 4) is 0 Å². The van der Waals surface area contributed by atoms with Gasteiger partial charge in [0, 0.05) is 19.6 Å². The molecular weight excluding hydrogens is 280 g/mol. The van der Waals surface area contributed by atoms with E-state index in [0.29, 0.717) is 26.1 Å². The third-order valence-electron chi connectivity index (χ3n) is 3.95. The van der Waals surface area contributed by atoms with Crippen LogP contribution in [0.2, 0.25) is 0 Å². The summed E-state index contributed by atoms with van der Waals surface area (Å²) in [5.41, 5.74) is 0. The average molecular weight is 304 g/mol. The van der Waals surface area contributed by atoms with Gasteiger partial charge in [0.25, 0.3) is 10.2 Å². The van der Waals surface area contributed by atoms with Gasteiger partial charge in [-0.15, -0.1) is 0 Å². The van der Waals surface area contributed by atoms with Crippen molar-refractivity contribution in [1.82, 2.24) is 8.61 Å². The zero-order chi connectivity index (χ0) is 14.6. The summed E-state index contributed by atoms with van der Waals surface area (Å²) < 4.78 is 33.3. The van der Waals surface area contributed by atoms with E-state index in [9.17, 15) is 13.2 Å². The molecule has 116 valence electrons. The third-order valence-corrected chi connectivity index (χ3v) is 6.00. The van der Waals surface area contributed by atoms with E-state index < -0.39 is 22.2 Å². The second-order valence-electron chi connectivity index (χ2n) is 5.34. The number of rotatable bonds is 4. The number of carbonyl (C=O) groups excluding carboxylic acids is 1. The second kappa shape index (κ2) is 6.87. The highest BCUT2D eigenvalue weighted by Crippen LogP contribution is 2.26. The Bertz CT molecular complexity index is 430. The molecule has 2 heterocycles. The molecule has 2 rings (SSSR count). The van der Waals surface area contributed by atoms with E-state index >= 15 is 0 Å². The largest absolute Gasteiger partial charge is 0.465 e. The van der Waals surface area contributed by atoms with Gasteiger partial charge in [0.2, 0.25) is 0 Å². The summed E-state index contributed by atoms with van der Waals surface area (Å²) in [4.78, 5) is 11.9. The number of hydrogen-bond acceptors (Lipinski definition) is 4. The van der Waals surface area contributed by atoms with Gasteiger partial charge in [-0.05, 0) is 32.6 Å². The second-order valence-corrected chi connectivity index (χ2v) is 7.22. The SMILES string of the molecule is CCOC(=O)C1CCCN1S(=O)(=O)N1CCCCCC1. The molecule has 6 nitrogen and oxygen atoms in total. The van der Waals surface area contributed by atoms with Gasteiger partial charge < -0.3 is 4.74 Å². The lowest BCUT2D eigenvalue weighted by Gasteiger charge is -2.29. The van der Waals surface area contributed by atoms with Gasteiger partial charge in [-0.3, -0.25) is 4.79 Å². The van der Waals surface area contributed by atoms with E-state index in [4.69, 9.17) is 4.74 Å². The van der Waals surface area contributed by atoms with Crippen LogP contribution < -0.4 is 0 Å². The Balaban J connectivity index is 2.12. The fourth-order valence-corrected chi connectivity index (χ4v) is 4.80. The maximum Gasteiger partial charge on any atom is 0.324 e. The lowest BCUT2D eigenvalue weighted by molar-refractivity contribution is -0.146. The molecule has 2 saturated heterocycles. The van der Waals surface area contributed by atoms with Gasteiger partial charge >= 0.3 is 5.97 Å². The van der Waals surface area contributed by atoms with Crippen molar-refractivity contribution < 1.29 is 17.9 Å². The minimum Gasteiger partial charge on any atom is -0.465 e. The highest BCUT2D eigenvalue weighted by molar-refractivity contribution is 7.86. The van der Waals surface area contributed by atoms with Gasteiger partial charge in [-0.25, -0.2) is 0 Å². The topological polar surface area (TPSA) is 66.9 Å². The maximum absolute atomic E-state index is 12.7. The molecule has 0 bridgehead atoms. The van der Waals surface area contributed by atoms with E-state index in [0.717, 1.165) is 32.1 Å². The van der Waals surface area contributed by atoms with Gasteiger partial charge in [0.05, 0.1) is 6.61 Å². The van der Waals surface area contributed by atoms with Gasteiger partial charge in [0.1, 0.15) is 6.04 Å². The number of hydrogen-bond donors (Lipinski definition) is 0. The lowest BCUT2D eigenvalue weighted by Crippen LogP contribution is -2.49. The van der Waals surface area contributed by atoms with Crippen LogP contribution in [0.3, 0.4) is 0 Å². The summed E-state index contributed by atoms with van der Waals surface area (Å²) >= 11 is 0. The molecule has 0 aromatic carbocycles. The zero-order valence-electron chi connectivity index (χ0n) is 12.1. The molecule has 0 spiro atoms. The molecule has 2 aliphatic heterocycles. The molecule has 0 aliphatic carbocycles. The summed E-state index contributed by atoms with van der Waals surface area (Å²) in [5, 5.41) is 0. The molecule has 0 amide bonds. The van der Waals surface area contributed by atoms with Crippen molar-refractivity contribution >= 4 is 16.2 Å². The molecule has 7 heteroatoms. The standard InChI is InChI=1S/C13H24N2O4S/c1-2-19-13(16)12-8-7-11-15(12)20(17,18)14-9-5-3-4-6-10-14/h12H,2-11H2,1H3. The molecule has 20 heavy (non-hydrogen) atoms. The Hall–Kier alpha value is -0.660. The van der Waals surface area contributed by atoms with Gasteiger partial charge in [-0.2, -0.15) is 17.0 Å². The third kappa shape index (κ3) is 3.32. The fourth-order valence-electron chi connectivity index (χ4n) is 2.91. The minimum atomic E-state index is -3.53. The molecule has 1 unspecified atom stereocenters. The van der Waals surface area contributed by atoms with Crippen LogP contribution in [0.4, 0.5) is 0 Å². The van der Waals surface area contributed by atoms with Crippen LogP contribution in [-0.2, 0) is 19.7 Å². The van der Waals surface area contributed by atoms with Crippen LogP contribution in [0.25, 0.3) is 0 Å². The first-order chi connectivity index (χ1) is 9.57. The summed E-state index contributed by atoms with van der Waals surface area (Å²) in [6.45, 7) is 3.57. The maximum atomic E-state index is 12.7. The van der Waals surface area contributed by atoms with Crippen molar-refractivity contribution in [2.75, 3.05) is 26.2 Å². The Morgan fingerprint density at radius 2 is 1.75 bits per heavy atom. The normalized spacial score (nSPS) is 26.4. The van der Waals surface area contributed by atoms with Crippen molar-refractivity contribution in [2.45, 2.75) is 51.5 Å². The highest BCUT2D eigenvalue weighted by Gasteiger charge is 2.42. The summed E-state index contributed by atoms with van der Waals surface area (Å²) in [5.74, 6) is -0.414. The molecule has 0 N–H and O–H groups in total. The number of ether oxygens (including phenoxy) is 1. The first kappa shape index (κ1) is 15.7. The predicted molar refractivity (Wildman–Crippen MR) is 75.3 cm³/mol. The van der Waals surface area contributed by atoms with Crippen LogP contribution in [-0.4, -0.2) is 55.3 Å². The molecule has 0 radical (unpaired) electrons. The first-order valence-corrected chi connectivity index (χ1v) is 8.90. The molecule has 2 fully saturated rings. The summed E-state index contributed by atoms with van der Waals surface area (Å²) in [6, 6.07) is -0.636. The number of esters is 1. The van der Waals surface area contributed by atoms with Crippen LogP contribution in [0.1, 0.15) is 45.4 Å². The Morgan fingerprint density at radius 3 is 2.35 bits per heavy atom. The molecular formula is C13H24N2O4S. The van der Waals surface area contributed by atoms with Crippen LogP contribution in [0, 0.1) is 0 Å². The average Bonchev–Trinajstić information content (AvgIpc) is 2.75. The number of nitrogens with zero attached hydrogens (tertiary/aromatic N) is 2. The smallest absolute Gasteiger partial charge is 0.324 e. The van der Waals surface area contributed by atoms with Gasteiger partial charge in [0.15, 0.2) is 0 Å². The zero-order valence-corrected chi connectivity index (χ0v) is 12.9. The van der Waals surface area contributed by atoms with Crippen molar-refractivity contribution in [1.29, 1.82) is 0 Å². The first-order valence-electron chi connectivity index (χ1n) is 7.51. The Kier molecular flexibility index (Phi) is 5.40. The monoisotopic (exact) mass is 304 g/mol. The van der Waals surface area contributed by atoms with Crippen LogP contribution >= 0.6 is 0 Å². The quantitative estimate of drug-likeness (QED) is 0.730. The van der Waals surface area contributed by atoms with E-state index in [1.54, 1.807) is 6.92 Å². The summed E-state index contributed by atoms with van der Waals surface area (Å²) in [7, 11) is -3.53. The molecule has 1 atom stereocenters. The van der Waals surface area contributed by atoms with E-state index in [2.05, 4.69) is 0 Å². The fraction of sp³-hybridized carbons (Fsp3) is 0.923. The molecule has 0 aromatic rings. The van der Waals surface area contributed by atoms with Crippen LogP contribution in [0.15, 0.2) is 0 Å². The predicted octanol–water partition coefficient (Wildman–Crippen LogP) is 1.13. The lowest BCUT2D eigenvalue weighted by atomic mass is 10.2. The van der Waals surface area contributed by atoms with Crippen LogP contribution in [0.5, 0.6) is 0 Å². The van der Waals surface area contributed by atoms with Crippen molar-refractivity contribution in [3.63, 3.8) is 0 Å². The van der Waals surface area contributed by atoms with Gasteiger partial charge in [-0.1, -0.05) is 12.8 Å². The minimum absolute atomic E-state index is 0.285.